The predicted octanol–water partition coefficient (Wildman–Crippen LogP) is 2.28. The highest BCUT2D eigenvalue weighted by Crippen LogP contribution is 1.86. The Morgan fingerprint density at radius 2 is 2.40 bits per heavy atom. The summed E-state index contributed by atoms with van der Waals surface area (Å²) in [6.45, 7) is 3.90. The number of aliphatic imine (C=N–C) groups is 1. The van der Waals surface area contributed by atoms with Crippen LogP contribution in [0, 0.1) is 11.3 Å². The van der Waals surface area contributed by atoms with E-state index in [1.807, 2.05) is 26.0 Å². The lowest BCUT2D eigenvalue weighted by atomic mass is 10.3. The third-order valence-electron chi connectivity index (χ3n) is 0.971. The Hall–Kier alpha value is -1.10. The lowest BCUT2D eigenvalue weighted by molar-refractivity contribution is 1.21. The Bertz CT molecular complexity index is 172. The van der Waals surface area contributed by atoms with Gasteiger partial charge in [0.05, 0.1) is 12.5 Å². The molecule has 0 fully saturated rings. The van der Waals surface area contributed by atoms with Gasteiger partial charge in [-0.05, 0) is 13.3 Å². The molecule has 2 nitrogen and oxygen atoms in total. The zero-order chi connectivity index (χ0) is 7.82. The topological polar surface area (TPSA) is 36.1 Å². The highest BCUT2D eigenvalue weighted by atomic mass is 14.7. The molecule has 0 aromatic heterocycles. The zero-order valence-electron chi connectivity index (χ0n) is 6.46. The van der Waals surface area contributed by atoms with Gasteiger partial charge in [-0.3, -0.25) is 4.99 Å². The van der Waals surface area contributed by atoms with E-state index >= 15 is 0 Å². The SMILES string of the molecule is CC/C=C\N=C(C)CC#N. The summed E-state index contributed by atoms with van der Waals surface area (Å²) in [7, 11) is 0. The van der Waals surface area contributed by atoms with Crippen LogP contribution in [0.1, 0.15) is 26.7 Å². The van der Waals surface area contributed by atoms with Crippen LogP contribution >= 0.6 is 0 Å². The van der Waals surface area contributed by atoms with Crippen molar-refractivity contribution >= 4 is 5.71 Å². The fourth-order valence-corrected chi connectivity index (χ4v) is 0.445. The Labute approximate surface area is 61.9 Å². The summed E-state index contributed by atoms with van der Waals surface area (Å²) in [6, 6.07) is 2.03. The van der Waals surface area contributed by atoms with Crippen LogP contribution in [0.2, 0.25) is 0 Å². The van der Waals surface area contributed by atoms with E-state index in [0.717, 1.165) is 12.1 Å². The van der Waals surface area contributed by atoms with Gasteiger partial charge in [0.2, 0.25) is 0 Å². The van der Waals surface area contributed by atoms with E-state index in [-0.39, 0.29) is 0 Å². The zero-order valence-corrected chi connectivity index (χ0v) is 6.46. The Balaban J connectivity index is 3.70. The van der Waals surface area contributed by atoms with Crippen LogP contribution < -0.4 is 0 Å². The van der Waals surface area contributed by atoms with E-state index in [2.05, 4.69) is 4.99 Å². The lowest BCUT2D eigenvalue weighted by Gasteiger charge is -1.85. The van der Waals surface area contributed by atoms with Crippen LogP contribution in [0.15, 0.2) is 17.3 Å². The normalized spacial score (nSPS) is 11.9. The fourth-order valence-electron chi connectivity index (χ4n) is 0.445. The maximum atomic E-state index is 8.24. The van der Waals surface area contributed by atoms with Crippen molar-refractivity contribution in [2.45, 2.75) is 26.7 Å². The van der Waals surface area contributed by atoms with E-state index < -0.39 is 0 Å². The molecule has 0 aromatic carbocycles. The van der Waals surface area contributed by atoms with Gasteiger partial charge in [0, 0.05) is 11.9 Å². The van der Waals surface area contributed by atoms with Crippen molar-refractivity contribution in [3.63, 3.8) is 0 Å². The first-order valence-corrected chi connectivity index (χ1v) is 3.36. The molecule has 0 N–H and O–H groups in total. The number of nitriles is 1. The Kier molecular flexibility index (Phi) is 5.36. The van der Waals surface area contributed by atoms with Crippen LogP contribution in [-0.4, -0.2) is 5.71 Å². The van der Waals surface area contributed by atoms with Crippen molar-refractivity contribution < 1.29 is 0 Å². The highest BCUT2D eigenvalue weighted by Gasteiger charge is 1.83. The summed E-state index contributed by atoms with van der Waals surface area (Å²) < 4.78 is 0. The summed E-state index contributed by atoms with van der Waals surface area (Å²) in [5.74, 6) is 0. The monoisotopic (exact) mass is 136 g/mol. The van der Waals surface area contributed by atoms with E-state index in [1.165, 1.54) is 0 Å². The van der Waals surface area contributed by atoms with Crippen molar-refractivity contribution in [2.75, 3.05) is 0 Å². The molecule has 54 valence electrons. The standard InChI is InChI=1S/C8H12N2/c1-3-4-7-10-8(2)5-6-9/h4,7H,3,5H2,1-2H3/b7-4-,10-8?. The van der Waals surface area contributed by atoms with Crippen LogP contribution in [-0.2, 0) is 0 Å². The molecular formula is C8H12N2. The smallest absolute Gasteiger partial charge is 0.0732 e. The van der Waals surface area contributed by atoms with Crippen LogP contribution in [0.3, 0.4) is 0 Å². The first kappa shape index (κ1) is 8.90. The van der Waals surface area contributed by atoms with Gasteiger partial charge in [0.25, 0.3) is 0 Å². The van der Waals surface area contributed by atoms with Crippen LogP contribution in [0.5, 0.6) is 0 Å². The summed E-state index contributed by atoms with van der Waals surface area (Å²) in [5, 5.41) is 8.24. The molecule has 0 bridgehead atoms. The van der Waals surface area contributed by atoms with Gasteiger partial charge in [0.15, 0.2) is 0 Å². The molecule has 0 unspecified atom stereocenters. The van der Waals surface area contributed by atoms with E-state index in [1.54, 1.807) is 6.20 Å². The summed E-state index contributed by atoms with van der Waals surface area (Å²) in [6.07, 6.45) is 5.12. The van der Waals surface area contributed by atoms with Crippen LogP contribution in [0.25, 0.3) is 0 Å². The molecule has 0 aliphatic heterocycles. The molecule has 0 amide bonds. The number of rotatable bonds is 3. The maximum absolute atomic E-state index is 8.24. The Morgan fingerprint density at radius 1 is 1.70 bits per heavy atom. The molecule has 0 saturated carbocycles. The van der Waals surface area contributed by atoms with Crippen molar-refractivity contribution in [2.24, 2.45) is 4.99 Å². The first-order chi connectivity index (χ1) is 4.81. The molecule has 2 heteroatoms. The molecule has 0 atom stereocenters. The number of hydrogen-bond acceptors (Lipinski definition) is 2. The van der Waals surface area contributed by atoms with E-state index in [9.17, 15) is 0 Å². The average Bonchev–Trinajstić information content (AvgIpc) is 1.89. The summed E-state index contributed by atoms with van der Waals surface area (Å²) in [5.41, 5.74) is 0.868. The lowest BCUT2D eigenvalue weighted by Crippen LogP contribution is -1.85. The second-order valence-corrected chi connectivity index (χ2v) is 1.99. The minimum absolute atomic E-state index is 0.425. The molecule has 0 rings (SSSR count). The molecule has 0 aliphatic rings. The minimum Gasteiger partial charge on any atom is -0.265 e. The molecule has 0 heterocycles. The van der Waals surface area contributed by atoms with Crippen LogP contribution in [0.4, 0.5) is 0 Å². The number of nitrogens with zero attached hydrogens (tertiary/aromatic N) is 2. The average molecular weight is 136 g/mol. The quantitative estimate of drug-likeness (QED) is 0.548. The molecule has 0 aromatic rings. The largest absolute Gasteiger partial charge is 0.265 e. The number of hydrogen-bond donors (Lipinski definition) is 0. The summed E-state index contributed by atoms with van der Waals surface area (Å²) in [4.78, 5) is 4.02. The van der Waals surface area contributed by atoms with E-state index in [4.69, 9.17) is 5.26 Å². The van der Waals surface area contributed by atoms with Crippen molar-refractivity contribution in [3.8, 4) is 6.07 Å². The van der Waals surface area contributed by atoms with Crippen molar-refractivity contribution in [3.05, 3.63) is 12.3 Å². The molecule has 10 heavy (non-hydrogen) atoms. The van der Waals surface area contributed by atoms with E-state index in [0.29, 0.717) is 6.42 Å². The second-order valence-electron chi connectivity index (χ2n) is 1.99. The molecule has 0 spiro atoms. The van der Waals surface area contributed by atoms with Gasteiger partial charge >= 0.3 is 0 Å². The predicted molar refractivity (Wildman–Crippen MR) is 42.8 cm³/mol. The summed E-state index contributed by atoms with van der Waals surface area (Å²) >= 11 is 0. The minimum atomic E-state index is 0.425. The highest BCUT2D eigenvalue weighted by molar-refractivity contribution is 5.84. The van der Waals surface area contributed by atoms with Gasteiger partial charge in [-0.1, -0.05) is 13.0 Å². The molecule has 0 saturated heterocycles. The van der Waals surface area contributed by atoms with Gasteiger partial charge in [0.1, 0.15) is 0 Å². The van der Waals surface area contributed by atoms with Crippen molar-refractivity contribution in [1.82, 2.24) is 0 Å². The van der Waals surface area contributed by atoms with Gasteiger partial charge in [-0.25, -0.2) is 0 Å². The second kappa shape index (κ2) is 6.03. The fraction of sp³-hybridized carbons (Fsp3) is 0.500. The van der Waals surface area contributed by atoms with Gasteiger partial charge in [-0.2, -0.15) is 5.26 Å². The molecule has 0 radical (unpaired) electrons. The van der Waals surface area contributed by atoms with Gasteiger partial charge < -0.3 is 0 Å². The maximum Gasteiger partial charge on any atom is 0.0732 e. The van der Waals surface area contributed by atoms with Gasteiger partial charge in [-0.15, -0.1) is 0 Å². The molecular weight excluding hydrogens is 124 g/mol. The Morgan fingerprint density at radius 3 is 2.90 bits per heavy atom. The number of allylic oxidation sites excluding steroid dienone is 1. The first-order valence-electron chi connectivity index (χ1n) is 3.36. The van der Waals surface area contributed by atoms with Crippen molar-refractivity contribution in [1.29, 1.82) is 5.26 Å². The third-order valence-corrected chi connectivity index (χ3v) is 0.971. The molecule has 0 aliphatic carbocycles. The third kappa shape index (κ3) is 5.04.